The van der Waals surface area contributed by atoms with Crippen molar-refractivity contribution in [2.45, 2.75) is 6.92 Å². The van der Waals surface area contributed by atoms with Crippen molar-refractivity contribution in [2.24, 2.45) is 0 Å². The lowest BCUT2D eigenvalue weighted by atomic mass is 10.1. The summed E-state index contributed by atoms with van der Waals surface area (Å²) in [7, 11) is 0. The smallest absolute Gasteiger partial charge is 0.328 e. The Bertz CT molecular complexity index is 466. The van der Waals surface area contributed by atoms with Crippen LogP contribution in [-0.4, -0.2) is 23.5 Å². The fourth-order valence-electron chi connectivity index (χ4n) is 1.19. The molecule has 4 nitrogen and oxygen atoms in total. The van der Waals surface area contributed by atoms with Gasteiger partial charge in [0.15, 0.2) is 5.78 Å². The molecule has 1 rings (SSSR count). The largest absolute Gasteiger partial charge is 0.494 e. The number of carboxylic acids is 1. The van der Waals surface area contributed by atoms with Crippen molar-refractivity contribution in [3.05, 3.63) is 40.9 Å². The molecule has 0 aliphatic rings. The van der Waals surface area contributed by atoms with Crippen LogP contribution in [0.3, 0.4) is 0 Å². The van der Waals surface area contributed by atoms with Gasteiger partial charge in [-0.15, -0.1) is 0 Å². The molecule has 0 aromatic heterocycles. The van der Waals surface area contributed by atoms with E-state index in [1.807, 2.05) is 6.92 Å². The van der Waals surface area contributed by atoms with Gasteiger partial charge in [-0.25, -0.2) is 4.79 Å². The van der Waals surface area contributed by atoms with E-state index in [1.54, 1.807) is 6.07 Å². The van der Waals surface area contributed by atoms with Gasteiger partial charge in [0.05, 0.1) is 11.6 Å². The predicted octanol–water partition coefficient (Wildman–Crippen LogP) is 2.56. The Morgan fingerprint density at radius 2 is 2.12 bits per heavy atom. The molecule has 0 saturated heterocycles. The van der Waals surface area contributed by atoms with E-state index < -0.39 is 11.8 Å². The van der Waals surface area contributed by atoms with Crippen LogP contribution in [0.5, 0.6) is 5.75 Å². The summed E-state index contributed by atoms with van der Waals surface area (Å²) in [5, 5.41) is 8.63. The highest BCUT2D eigenvalue weighted by Crippen LogP contribution is 2.23. The molecule has 0 radical (unpaired) electrons. The number of carbonyl (C=O) groups is 2. The molecule has 0 heterocycles. The van der Waals surface area contributed by atoms with Gasteiger partial charge in [0.1, 0.15) is 5.75 Å². The fraction of sp³-hybridized carbons (Fsp3) is 0.167. The molecule has 1 aromatic carbocycles. The van der Waals surface area contributed by atoms with Crippen molar-refractivity contribution in [1.29, 1.82) is 0 Å². The monoisotopic (exact) mass is 254 g/mol. The van der Waals surface area contributed by atoms with Gasteiger partial charge < -0.3 is 9.84 Å². The number of carbonyl (C=O) groups excluding carboxylic acids is 1. The van der Waals surface area contributed by atoms with Crippen molar-refractivity contribution in [3.63, 3.8) is 0 Å². The van der Waals surface area contributed by atoms with Crippen LogP contribution in [0.1, 0.15) is 17.3 Å². The van der Waals surface area contributed by atoms with Crippen LogP contribution in [0, 0.1) is 0 Å². The number of aliphatic carboxylic acids is 1. The topological polar surface area (TPSA) is 63.6 Å². The third-order valence-electron chi connectivity index (χ3n) is 1.89. The zero-order valence-corrected chi connectivity index (χ0v) is 9.90. The number of benzene rings is 1. The molecule has 1 N–H and O–H groups in total. The van der Waals surface area contributed by atoms with E-state index in [4.69, 9.17) is 21.4 Å². The lowest BCUT2D eigenvalue weighted by molar-refractivity contribution is -0.131. The lowest BCUT2D eigenvalue weighted by Gasteiger charge is -2.05. The van der Waals surface area contributed by atoms with Crippen LogP contribution in [0.2, 0.25) is 5.02 Å². The Kier molecular flexibility index (Phi) is 4.72. The minimum atomic E-state index is -1.18. The highest BCUT2D eigenvalue weighted by molar-refractivity contribution is 6.34. The molecule has 0 saturated carbocycles. The molecular formula is C12H11ClO4. The highest BCUT2D eigenvalue weighted by atomic mass is 35.5. The quantitative estimate of drug-likeness (QED) is 0.648. The Balaban J connectivity index is 2.92. The maximum Gasteiger partial charge on any atom is 0.328 e. The van der Waals surface area contributed by atoms with Crippen molar-refractivity contribution in [1.82, 2.24) is 0 Å². The van der Waals surface area contributed by atoms with E-state index in [0.717, 1.165) is 12.2 Å². The number of halogens is 1. The summed E-state index contributed by atoms with van der Waals surface area (Å²) in [6.07, 6.45) is 1.74. The molecule has 5 heteroatoms. The molecule has 0 bridgehead atoms. The Hall–Kier alpha value is -1.81. The Morgan fingerprint density at radius 3 is 2.65 bits per heavy atom. The Morgan fingerprint density at radius 1 is 1.41 bits per heavy atom. The first kappa shape index (κ1) is 13.3. The third kappa shape index (κ3) is 3.92. The molecule has 1 aromatic rings. The molecule has 0 unspecified atom stereocenters. The van der Waals surface area contributed by atoms with E-state index in [-0.39, 0.29) is 10.6 Å². The molecule has 17 heavy (non-hydrogen) atoms. The number of hydrogen-bond donors (Lipinski definition) is 1. The number of hydrogen-bond acceptors (Lipinski definition) is 3. The summed E-state index contributed by atoms with van der Waals surface area (Å²) in [6.45, 7) is 2.34. The molecule has 0 spiro atoms. The normalized spacial score (nSPS) is 10.5. The third-order valence-corrected chi connectivity index (χ3v) is 2.21. The molecule has 0 fully saturated rings. The Labute approximate surface area is 103 Å². The van der Waals surface area contributed by atoms with Gasteiger partial charge >= 0.3 is 5.97 Å². The molecule has 0 aliphatic carbocycles. The summed E-state index contributed by atoms with van der Waals surface area (Å²) < 4.78 is 5.21. The van der Waals surface area contributed by atoms with Gasteiger partial charge in [-0.2, -0.15) is 0 Å². The summed E-state index contributed by atoms with van der Waals surface area (Å²) in [5.74, 6) is -1.07. The van der Waals surface area contributed by atoms with Crippen LogP contribution in [0.25, 0.3) is 0 Å². The lowest BCUT2D eigenvalue weighted by Crippen LogP contribution is -1.99. The molecule has 0 amide bonds. The standard InChI is InChI=1S/C12H11ClO4/c1-2-17-8-3-4-9(10(13)7-8)11(14)5-6-12(15)16/h3-7H,2H2,1H3,(H,15,16)/b6-5+. The average molecular weight is 255 g/mol. The predicted molar refractivity (Wildman–Crippen MR) is 63.7 cm³/mol. The summed E-state index contributed by atoms with van der Waals surface area (Å²) in [6, 6.07) is 4.63. The minimum absolute atomic E-state index is 0.232. The van der Waals surface area contributed by atoms with E-state index in [0.29, 0.717) is 12.4 Å². The van der Waals surface area contributed by atoms with Crippen molar-refractivity contribution in [2.75, 3.05) is 6.61 Å². The summed E-state index contributed by atoms with van der Waals surface area (Å²) in [4.78, 5) is 21.8. The number of ketones is 1. The van der Waals surface area contributed by atoms with Gasteiger partial charge in [-0.3, -0.25) is 4.79 Å². The van der Waals surface area contributed by atoms with E-state index >= 15 is 0 Å². The van der Waals surface area contributed by atoms with Crippen LogP contribution in [-0.2, 0) is 4.79 Å². The maximum atomic E-state index is 11.6. The van der Waals surface area contributed by atoms with Crippen LogP contribution in [0.15, 0.2) is 30.4 Å². The second-order valence-corrected chi connectivity index (χ2v) is 3.52. The van der Waals surface area contributed by atoms with Crippen molar-refractivity contribution >= 4 is 23.4 Å². The number of carboxylic acid groups (broad SMARTS) is 1. The summed E-state index contributed by atoms with van der Waals surface area (Å²) in [5.41, 5.74) is 0.243. The molecule has 90 valence electrons. The zero-order chi connectivity index (χ0) is 12.8. The first-order valence-corrected chi connectivity index (χ1v) is 5.30. The van der Waals surface area contributed by atoms with Gasteiger partial charge in [0.25, 0.3) is 0 Å². The first-order chi connectivity index (χ1) is 8.04. The van der Waals surface area contributed by atoms with Crippen molar-refractivity contribution in [3.8, 4) is 5.75 Å². The van der Waals surface area contributed by atoms with Crippen LogP contribution in [0.4, 0.5) is 0 Å². The summed E-state index contributed by atoms with van der Waals surface area (Å²) >= 11 is 5.89. The molecule has 0 atom stereocenters. The maximum absolute atomic E-state index is 11.6. The van der Waals surface area contributed by atoms with Gasteiger partial charge in [0.2, 0.25) is 0 Å². The molecule has 0 aliphatic heterocycles. The van der Waals surface area contributed by atoms with Crippen LogP contribution >= 0.6 is 11.6 Å². The number of rotatable bonds is 5. The van der Waals surface area contributed by atoms with Gasteiger partial charge in [0, 0.05) is 11.6 Å². The van der Waals surface area contributed by atoms with E-state index in [2.05, 4.69) is 0 Å². The second-order valence-electron chi connectivity index (χ2n) is 3.11. The van der Waals surface area contributed by atoms with Crippen LogP contribution < -0.4 is 4.74 Å². The fourth-order valence-corrected chi connectivity index (χ4v) is 1.45. The molecular weight excluding hydrogens is 244 g/mol. The number of allylic oxidation sites excluding steroid dienone is 1. The minimum Gasteiger partial charge on any atom is -0.494 e. The van der Waals surface area contributed by atoms with E-state index in [1.165, 1.54) is 12.1 Å². The number of ether oxygens (including phenoxy) is 1. The SMILES string of the molecule is CCOc1ccc(C(=O)/C=C/C(=O)O)c(Cl)c1. The van der Waals surface area contributed by atoms with Gasteiger partial charge in [-0.1, -0.05) is 11.6 Å². The zero-order valence-electron chi connectivity index (χ0n) is 9.14. The average Bonchev–Trinajstić information content (AvgIpc) is 2.26. The van der Waals surface area contributed by atoms with Gasteiger partial charge in [-0.05, 0) is 31.2 Å². The second kappa shape index (κ2) is 6.06. The first-order valence-electron chi connectivity index (χ1n) is 4.92. The van der Waals surface area contributed by atoms with Crippen molar-refractivity contribution < 1.29 is 19.4 Å². The van der Waals surface area contributed by atoms with E-state index in [9.17, 15) is 9.59 Å². The highest BCUT2D eigenvalue weighted by Gasteiger charge is 2.08.